The molecule has 27 heavy (non-hydrogen) atoms. The largest absolute Gasteiger partial charge is 0.497 e. The van der Waals surface area contributed by atoms with Crippen molar-refractivity contribution >= 4 is 0 Å². The molecule has 0 spiro atoms. The number of H-pyrrole nitrogens is 1. The van der Waals surface area contributed by atoms with E-state index in [1.54, 1.807) is 7.11 Å². The van der Waals surface area contributed by atoms with Gasteiger partial charge >= 0.3 is 0 Å². The summed E-state index contributed by atoms with van der Waals surface area (Å²) in [6, 6.07) is 15.4. The molecular weight excluding hydrogens is 338 g/mol. The van der Waals surface area contributed by atoms with Crippen LogP contribution in [0.1, 0.15) is 40.8 Å². The van der Waals surface area contributed by atoms with Gasteiger partial charge in [0.2, 0.25) is 0 Å². The molecule has 5 nitrogen and oxygen atoms in total. The number of nitrogens with zero attached hydrogens (tertiary/aromatic N) is 2. The van der Waals surface area contributed by atoms with E-state index in [1.807, 2.05) is 24.5 Å². The number of aromatic amines is 1. The maximum absolute atomic E-state index is 5.94. The minimum Gasteiger partial charge on any atom is -0.497 e. The van der Waals surface area contributed by atoms with Gasteiger partial charge in [-0.15, -0.1) is 0 Å². The third kappa shape index (κ3) is 2.79. The van der Waals surface area contributed by atoms with Gasteiger partial charge in [0.25, 0.3) is 0 Å². The van der Waals surface area contributed by atoms with E-state index >= 15 is 0 Å². The van der Waals surface area contributed by atoms with Crippen molar-refractivity contribution in [1.29, 1.82) is 0 Å². The highest BCUT2D eigenvalue weighted by Crippen LogP contribution is 2.45. The highest BCUT2D eigenvalue weighted by atomic mass is 16.5. The Morgan fingerprint density at radius 2 is 2.11 bits per heavy atom. The topological polar surface area (TPSA) is 50.4 Å². The van der Waals surface area contributed by atoms with Crippen LogP contribution in [-0.2, 0) is 6.42 Å². The number of hydrogen-bond donors (Lipinski definition) is 1. The van der Waals surface area contributed by atoms with E-state index in [2.05, 4.69) is 45.4 Å². The normalized spacial score (nSPS) is 21.8. The molecule has 5 rings (SSSR count). The van der Waals surface area contributed by atoms with Crippen molar-refractivity contribution in [3.63, 3.8) is 0 Å². The van der Waals surface area contributed by atoms with Crippen molar-refractivity contribution in [2.75, 3.05) is 20.3 Å². The van der Waals surface area contributed by atoms with Gasteiger partial charge in [-0.1, -0.05) is 24.3 Å². The number of methoxy groups -OCH3 is 1. The second kappa shape index (κ2) is 6.74. The van der Waals surface area contributed by atoms with Crippen molar-refractivity contribution < 1.29 is 9.47 Å². The molecule has 0 saturated heterocycles. The molecule has 0 aliphatic carbocycles. The van der Waals surface area contributed by atoms with E-state index in [-0.39, 0.29) is 12.1 Å². The molecular formula is C22H23N3O2. The van der Waals surface area contributed by atoms with Crippen LogP contribution < -0.4 is 9.47 Å². The summed E-state index contributed by atoms with van der Waals surface area (Å²) in [5.74, 6) is 1.85. The summed E-state index contributed by atoms with van der Waals surface area (Å²) in [6.07, 6.45) is 6.00. The molecule has 2 aliphatic heterocycles. The number of hydrogen-bond acceptors (Lipinski definition) is 4. The van der Waals surface area contributed by atoms with E-state index < -0.39 is 0 Å². The summed E-state index contributed by atoms with van der Waals surface area (Å²) in [7, 11) is 1.71. The Balaban J connectivity index is 1.61. The third-order valence-corrected chi connectivity index (χ3v) is 5.78. The average Bonchev–Trinajstić information content (AvgIpc) is 3.26. The number of benzene rings is 2. The fraction of sp³-hybridized carbons (Fsp3) is 0.318. The van der Waals surface area contributed by atoms with Gasteiger partial charge in [0, 0.05) is 36.3 Å². The maximum Gasteiger partial charge on any atom is 0.124 e. The van der Waals surface area contributed by atoms with E-state index in [1.165, 1.54) is 22.3 Å². The molecule has 3 heterocycles. The van der Waals surface area contributed by atoms with Crippen molar-refractivity contribution in [2.45, 2.75) is 24.9 Å². The lowest BCUT2D eigenvalue weighted by Gasteiger charge is -2.44. The van der Waals surface area contributed by atoms with Gasteiger partial charge in [-0.3, -0.25) is 10.00 Å². The first-order valence-electron chi connectivity index (χ1n) is 9.48. The molecule has 1 aromatic heterocycles. The molecule has 5 heteroatoms. The third-order valence-electron chi connectivity index (χ3n) is 5.78. The summed E-state index contributed by atoms with van der Waals surface area (Å²) in [5, 5.41) is 7.22. The Labute approximate surface area is 158 Å². The summed E-state index contributed by atoms with van der Waals surface area (Å²) < 4.78 is 11.4. The van der Waals surface area contributed by atoms with E-state index in [0.29, 0.717) is 0 Å². The summed E-state index contributed by atoms with van der Waals surface area (Å²) in [6.45, 7) is 1.74. The lowest BCUT2D eigenvalue weighted by Crippen LogP contribution is -2.40. The fourth-order valence-corrected chi connectivity index (χ4v) is 4.53. The van der Waals surface area contributed by atoms with E-state index in [4.69, 9.17) is 9.47 Å². The van der Waals surface area contributed by atoms with Crippen molar-refractivity contribution in [3.8, 4) is 11.5 Å². The van der Waals surface area contributed by atoms with Crippen LogP contribution in [0.2, 0.25) is 0 Å². The molecule has 0 saturated carbocycles. The van der Waals surface area contributed by atoms with E-state index in [0.717, 1.165) is 37.5 Å². The van der Waals surface area contributed by atoms with Gasteiger partial charge < -0.3 is 9.47 Å². The van der Waals surface area contributed by atoms with Crippen LogP contribution in [0.25, 0.3) is 0 Å². The van der Waals surface area contributed by atoms with Crippen LogP contribution in [0, 0.1) is 0 Å². The van der Waals surface area contributed by atoms with Gasteiger partial charge in [0.15, 0.2) is 0 Å². The second-order valence-electron chi connectivity index (χ2n) is 7.18. The number of ether oxygens (including phenoxy) is 2. The molecule has 138 valence electrons. The van der Waals surface area contributed by atoms with Gasteiger partial charge in [-0.05, 0) is 35.7 Å². The van der Waals surface area contributed by atoms with Crippen molar-refractivity contribution in [2.24, 2.45) is 0 Å². The molecule has 0 radical (unpaired) electrons. The molecule has 0 amide bonds. The molecule has 2 aromatic carbocycles. The van der Waals surface area contributed by atoms with Crippen LogP contribution in [0.15, 0.2) is 54.9 Å². The first-order valence-corrected chi connectivity index (χ1v) is 9.48. The number of aromatic nitrogens is 2. The smallest absolute Gasteiger partial charge is 0.124 e. The lowest BCUT2D eigenvalue weighted by molar-refractivity contribution is 0.104. The Morgan fingerprint density at radius 1 is 1.19 bits per heavy atom. The van der Waals surface area contributed by atoms with Crippen LogP contribution >= 0.6 is 0 Å². The average molecular weight is 361 g/mol. The molecule has 2 unspecified atom stereocenters. The zero-order valence-electron chi connectivity index (χ0n) is 15.4. The molecule has 2 atom stereocenters. The van der Waals surface area contributed by atoms with Crippen LogP contribution in [-0.4, -0.2) is 35.4 Å². The number of fused-ring (bicyclic) bond motifs is 2. The zero-order chi connectivity index (χ0) is 18.2. The van der Waals surface area contributed by atoms with Crippen molar-refractivity contribution in [3.05, 3.63) is 77.1 Å². The standard InChI is InChI=1S/C22H23N3O2/c1-26-17-6-7-21-19(12-17)20(9-11-27-21)25-10-8-15-4-2-3-5-18(15)22(25)16-13-23-24-14-16/h2-7,12-14,20,22H,8-11H2,1H3,(H,23,24). The number of rotatable bonds is 3. The Bertz CT molecular complexity index is 938. The quantitative estimate of drug-likeness (QED) is 0.769. The molecule has 2 aliphatic rings. The van der Waals surface area contributed by atoms with E-state index in [9.17, 15) is 0 Å². The summed E-state index contributed by atoms with van der Waals surface area (Å²) >= 11 is 0. The molecule has 0 fully saturated rings. The first kappa shape index (κ1) is 16.4. The Kier molecular flexibility index (Phi) is 4.09. The van der Waals surface area contributed by atoms with Gasteiger partial charge in [0.1, 0.15) is 11.5 Å². The van der Waals surface area contributed by atoms with Crippen LogP contribution in [0.5, 0.6) is 11.5 Å². The van der Waals surface area contributed by atoms with Gasteiger partial charge in [-0.2, -0.15) is 5.10 Å². The predicted octanol–water partition coefficient (Wildman–Crippen LogP) is 3.89. The van der Waals surface area contributed by atoms with Crippen LogP contribution in [0.3, 0.4) is 0 Å². The van der Waals surface area contributed by atoms with Crippen molar-refractivity contribution in [1.82, 2.24) is 15.1 Å². The fourth-order valence-electron chi connectivity index (χ4n) is 4.53. The second-order valence-corrected chi connectivity index (χ2v) is 7.18. The van der Waals surface area contributed by atoms with Gasteiger partial charge in [-0.25, -0.2) is 0 Å². The summed E-state index contributed by atoms with van der Waals surface area (Å²) in [4.78, 5) is 2.61. The number of nitrogens with one attached hydrogen (secondary N) is 1. The minimum absolute atomic E-state index is 0.191. The monoisotopic (exact) mass is 361 g/mol. The minimum atomic E-state index is 0.191. The van der Waals surface area contributed by atoms with Gasteiger partial charge in [0.05, 0.1) is 26.0 Å². The lowest BCUT2D eigenvalue weighted by atomic mass is 9.86. The zero-order valence-corrected chi connectivity index (χ0v) is 15.4. The SMILES string of the molecule is COc1ccc2c(c1)C(N1CCc3ccccc3C1c1cn[nH]c1)CCO2. The van der Waals surface area contributed by atoms with Crippen LogP contribution in [0.4, 0.5) is 0 Å². The highest BCUT2D eigenvalue weighted by Gasteiger charge is 2.37. The first-order chi connectivity index (χ1) is 13.3. The molecule has 0 bridgehead atoms. The molecule has 3 aromatic rings. The maximum atomic E-state index is 5.94. The summed E-state index contributed by atoms with van der Waals surface area (Å²) in [5.41, 5.74) is 5.23. The highest BCUT2D eigenvalue weighted by molar-refractivity contribution is 5.45. The molecule has 1 N–H and O–H groups in total. The Morgan fingerprint density at radius 3 is 2.96 bits per heavy atom. The predicted molar refractivity (Wildman–Crippen MR) is 103 cm³/mol. The Hall–Kier alpha value is -2.79.